The summed E-state index contributed by atoms with van der Waals surface area (Å²) in [6.45, 7) is 5.73. The first-order valence-corrected chi connectivity index (χ1v) is 6.41. The number of hydrogen-bond acceptors (Lipinski definition) is 1. The lowest BCUT2D eigenvalue weighted by molar-refractivity contribution is -0.140. The Bertz CT molecular complexity index is 401. The molecule has 1 aromatic rings. The van der Waals surface area contributed by atoms with Gasteiger partial charge in [-0.15, -0.1) is 0 Å². The lowest BCUT2D eigenvalue weighted by Gasteiger charge is -2.14. The normalized spacial score (nSPS) is 13.6. The van der Waals surface area contributed by atoms with Crippen LogP contribution in [0.3, 0.4) is 0 Å². The van der Waals surface area contributed by atoms with Crippen LogP contribution in [0.15, 0.2) is 18.2 Å². The van der Waals surface area contributed by atoms with Crippen molar-refractivity contribution < 1.29 is 17.6 Å². The number of alkyl halides is 3. The third-order valence-corrected chi connectivity index (χ3v) is 2.84. The van der Waals surface area contributed by atoms with Crippen LogP contribution in [0.25, 0.3) is 0 Å². The van der Waals surface area contributed by atoms with Crippen LogP contribution in [0.5, 0.6) is 0 Å². The molecule has 0 aliphatic heterocycles. The zero-order chi connectivity index (χ0) is 14.5. The van der Waals surface area contributed by atoms with Crippen LogP contribution >= 0.6 is 0 Å². The molecule has 0 bridgehead atoms. The molecule has 1 aromatic carbocycles. The zero-order valence-corrected chi connectivity index (χ0v) is 11.1. The summed E-state index contributed by atoms with van der Waals surface area (Å²) in [5.74, 6) is -0.943. The molecule has 0 spiro atoms. The summed E-state index contributed by atoms with van der Waals surface area (Å²) < 4.78 is 50.6. The van der Waals surface area contributed by atoms with Crippen molar-refractivity contribution in [1.29, 1.82) is 0 Å². The molecule has 0 aliphatic carbocycles. The lowest BCUT2D eigenvalue weighted by Crippen LogP contribution is -2.23. The molecular weight excluding hydrogens is 258 g/mol. The van der Waals surface area contributed by atoms with Gasteiger partial charge < -0.3 is 5.32 Å². The fourth-order valence-corrected chi connectivity index (χ4v) is 1.92. The van der Waals surface area contributed by atoms with Crippen LogP contribution in [-0.4, -0.2) is 13.1 Å². The summed E-state index contributed by atoms with van der Waals surface area (Å²) in [6, 6.07) is 3.15. The standard InChI is InChI=1S/C14H19F4N/c1-3-6-19-9-10(2)7-11-4-5-12(13(15)8-11)14(16,17)18/h4-5,8,10,19H,3,6-7,9H2,1-2H3. The monoisotopic (exact) mass is 277 g/mol. The van der Waals surface area contributed by atoms with E-state index in [1.807, 2.05) is 6.92 Å². The maximum atomic E-state index is 13.4. The SMILES string of the molecule is CCCNCC(C)Cc1ccc(C(F)(F)F)c(F)c1. The molecule has 1 atom stereocenters. The highest BCUT2D eigenvalue weighted by molar-refractivity contribution is 5.26. The van der Waals surface area contributed by atoms with Gasteiger partial charge in [0.25, 0.3) is 0 Å². The van der Waals surface area contributed by atoms with Crippen molar-refractivity contribution in [3.8, 4) is 0 Å². The number of nitrogens with one attached hydrogen (secondary N) is 1. The Morgan fingerprint density at radius 3 is 2.47 bits per heavy atom. The van der Waals surface area contributed by atoms with E-state index < -0.39 is 17.6 Å². The van der Waals surface area contributed by atoms with Gasteiger partial charge in [0, 0.05) is 0 Å². The van der Waals surface area contributed by atoms with E-state index in [0.717, 1.165) is 31.6 Å². The van der Waals surface area contributed by atoms with E-state index in [9.17, 15) is 17.6 Å². The fourth-order valence-electron chi connectivity index (χ4n) is 1.92. The van der Waals surface area contributed by atoms with Gasteiger partial charge in [0.1, 0.15) is 5.82 Å². The van der Waals surface area contributed by atoms with E-state index >= 15 is 0 Å². The quantitative estimate of drug-likeness (QED) is 0.611. The Kier molecular flexibility index (Phi) is 5.79. The van der Waals surface area contributed by atoms with E-state index in [2.05, 4.69) is 12.2 Å². The molecule has 0 radical (unpaired) electrons. The second-order valence-electron chi connectivity index (χ2n) is 4.83. The van der Waals surface area contributed by atoms with E-state index in [1.165, 1.54) is 6.07 Å². The van der Waals surface area contributed by atoms with Crippen LogP contribution in [-0.2, 0) is 12.6 Å². The third kappa shape index (κ3) is 5.19. The topological polar surface area (TPSA) is 12.0 Å². The van der Waals surface area contributed by atoms with Crippen molar-refractivity contribution in [3.63, 3.8) is 0 Å². The number of benzene rings is 1. The molecule has 0 aromatic heterocycles. The van der Waals surface area contributed by atoms with E-state index in [-0.39, 0.29) is 5.92 Å². The average molecular weight is 277 g/mol. The van der Waals surface area contributed by atoms with Crippen molar-refractivity contribution in [2.24, 2.45) is 5.92 Å². The minimum absolute atomic E-state index is 0.252. The van der Waals surface area contributed by atoms with Gasteiger partial charge in [-0.3, -0.25) is 0 Å². The highest BCUT2D eigenvalue weighted by Gasteiger charge is 2.33. The third-order valence-electron chi connectivity index (χ3n) is 2.84. The van der Waals surface area contributed by atoms with E-state index in [4.69, 9.17) is 0 Å². The van der Waals surface area contributed by atoms with Gasteiger partial charge in [0.15, 0.2) is 0 Å². The molecule has 0 fully saturated rings. The summed E-state index contributed by atoms with van der Waals surface area (Å²) in [5, 5.41) is 3.23. The zero-order valence-electron chi connectivity index (χ0n) is 11.1. The van der Waals surface area contributed by atoms with Crippen LogP contribution in [0.2, 0.25) is 0 Å². The highest BCUT2D eigenvalue weighted by atomic mass is 19.4. The van der Waals surface area contributed by atoms with Crippen LogP contribution < -0.4 is 5.32 Å². The summed E-state index contributed by atoms with van der Waals surface area (Å²) >= 11 is 0. The Morgan fingerprint density at radius 1 is 1.26 bits per heavy atom. The summed E-state index contributed by atoms with van der Waals surface area (Å²) in [5.41, 5.74) is -0.607. The van der Waals surface area contributed by atoms with Crippen LogP contribution in [0, 0.1) is 11.7 Å². The Balaban J connectivity index is 2.63. The van der Waals surface area contributed by atoms with Gasteiger partial charge in [0.2, 0.25) is 0 Å². The molecule has 0 saturated heterocycles. The first-order valence-electron chi connectivity index (χ1n) is 6.41. The van der Waals surface area contributed by atoms with Crippen molar-refractivity contribution in [2.75, 3.05) is 13.1 Å². The molecular formula is C14H19F4N. The maximum Gasteiger partial charge on any atom is 0.419 e. The molecule has 1 nitrogen and oxygen atoms in total. The van der Waals surface area contributed by atoms with Gasteiger partial charge in [-0.1, -0.05) is 19.9 Å². The predicted octanol–water partition coefficient (Wildman–Crippen LogP) is 4.02. The Labute approximate surface area is 111 Å². The minimum atomic E-state index is -4.63. The summed E-state index contributed by atoms with van der Waals surface area (Å²) in [4.78, 5) is 0. The number of hydrogen-bond donors (Lipinski definition) is 1. The Hall–Kier alpha value is -1.10. The average Bonchev–Trinajstić information content (AvgIpc) is 2.27. The largest absolute Gasteiger partial charge is 0.419 e. The van der Waals surface area contributed by atoms with Crippen LogP contribution in [0.1, 0.15) is 31.4 Å². The van der Waals surface area contributed by atoms with Gasteiger partial charge in [-0.25, -0.2) is 4.39 Å². The van der Waals surface area contributed by atoms with Gasteiger partial charge in [-0.05, 0) is 49.5 Å². The van der Waals surface area contributed by atoms with Crippen LogP contribution in [0.4, 0.5) is 17.6 Å². The van der Waals surface area contributed by atoms with Crippen molar-refractivity contribution in [1.82, 2.24) is 5.32 Å². The van der Waals surface area contributed by atoms with Gasteiger partial charge in [0.05, 0.1) is 5.56 Å². The number of rotatable bonds is 6. The highest BCUT2D eigenvalue weighted by Crippen LogP contribution is 2.31. The maximum absolute atomic E-state index is 13.4. The molecule has 0 aliphatic rings. The second-order valence-corrected chi connectivity index (χ2v) is 4.83. The molecule has 1 N–H and O–H groups in total. The fraction of sp³-hybridized carbons (Fsp3) is 0.571. The predicted molar refractivity (Wildman–Crippen MR) is 67.4 cm³/mol. The molecule has 0 saturated carbocycles. The summed E-state index contributed by atoms with van der Waals surface area (Å²) in [7, 11) is 0. The van der Waals surface area contributed by atoms with Crippen molar-refractivity contribution in [3.05, 3.63) is 35.1 Å². The number of halogens is 4. The second kappa shape index (κ2) is 6.89. The van der Waals surface area contributed by atoms with Crippen molar-refractivity contribution >= 4 is 0 Å². The lowest BCUT2D eigenvalue weighted by atomic mass is 9.99. The molecule has 1 rings (SSSR count). The molecule has 0 amide bonds. The smallest absolute Gasteiger partial charge is 0.316 e. The molecule has 1 unspecified atom stereocenters. The van der Waals surface area contributed by atoms with E-state index in [0.29, 0.717) is 12.0 Å². The summed E-state index contributed by atoms with van der Waals surface area (Å²) in [6.07, 6.45) is -3.04. The van der Waals surface area contributed by atoms with Gasteiger partial charge >= 0.3 is 6.18 Å². The first kappa shape index (κ1) is 16.0. The molecule has 19 heavy (non-hydrogen) atoms. The minimum Gasteiger partial charge on any atom is -0.316 e. The van der Waals surface area contributed by atoms with E-state index in [1.54, 1.807) is 0 Å². The first-order chi connectivity index (χ1) is 8.84. The molecule has 5 heteroatoms. The molecule has 108 valence electrons. The molecule has 0 heterocycles. The Morgan fingerprint density at radius 2 is 1.95 bits per heavy atom. The van der Waals surface area contributed by atoms with Crippen molar-refractivity contribution in [2.45, 2.75) is 32.9 Å². The van der Waals surface area contributed by atoms with Gasteiger partial charge in [-0.2, -0.15) is 13.2 Å².